The van der Waals surface area contributed by atoms with E-state index in [2.05, 4.69) is 245 Å². The topological polar surface area (TPSA) is 262 Å². The van der Waals surface area contributed by atoms with E-state index >= 15 is 0 Å². The fourth-order valence-electron chi connectivity index (χ4n) is 19.5. The molecule has 0 amide bonds. The quantitative estimate of drug-likeness (QED) is 0.0154. The maximum Gasteiger partial charge on any atom is 0.349 e. The van der Waals surface area contributed by atoms with Crippen molar-refractivity contribution in [3.05, 3.63) is 338 Å². The Hall–Kier alpha value is -9.80. The molecule has 15 rings (SSSR count). The minimum atomic E-state index is -2.87. The summed E-state index contributed by atoms with van der Waals surface area (Å²) in [6, 6.07) is 82.1. The normalized spacial score (nSPS) is 23.3. The van der Waals surface area contributed by atoms with Crippen LogP contribution in [-0.2, 0) is 45.5 Å². The second kappa shape index (κ2) is 48.7. The van der Waals surface area contributed by atoms with Crippen molar-refractivity contribution in [3.8, 4) is 33.4 Å². The summed E-state index contributed by atoms with van der Waals surface area (Å²) in [5, 5.41) is 54.1. The van der Waals surface area contributed by atoms with Gasteiger partial charge in [-0.3, -0.25) is 0 Å². The molecule has 5 N–H and O–H groups in total. The molecule has 5 aliphatic carbocycles. The number of ether oxygens (including phenoxy) is 4. The van der Waals surface area contributed by atoms with E-state index in [0.717, 1.165) is 39.0 Å². The van der Waals surface area contributed by atoms with Gasteiger partial charge in [-0.15, -0.1) is 0 Å². The van der Waals surface area contributed by atoms with E-state index in [4.69, 9.17) is 45.5 Å². The highest BCUT2D eigenvalue weighted by atomic mass is 28.4. The van der Waals surface area contributed by atoms with Gasteiger partial charge in [0.2, 0.25) is 0 Å². The number of carbonyl (C=O) groups is 4. The van der Waals surface area contributed by atoms with Gasteiger partial charge in [-0.05, 0) is 180 Å². The second-order valence-corrected chi connectivity index (χ2v) is 71.3. The van der Waals surface area contributed by atoms with Gasteiger partial charge in [0, 0.05) is 91.6 Å². The first kappa shape index (κ1) is 117. The number of fused-ring (bicyclic) bond motifs is 1. The molecule has 9 aromatic carbocycles. The smallest absolute Gasteiger partial charge is 0.349 e. The summed E-state index contributed by atoms with van der Waals surface area (Å²) < 4.78 is 62.4. The molecule has 1 heterocycles. The second-order valence-electron chi connectivity index (χ2n) is 47.9. The van der Waals surface area contributed by atoms with Crippen LogP contribution in [-0.4, -0.2) is 185 Å². The maximum atomic E-state index is 13.1. The lowest BCUT2D eigenvalue weighted by molar-refractivity contribution is -0.00386. The van der Waals surface area contributed by atoms with Gasteiger partial charge in [0.1, 0.15) is 25.4 Å². The van der Waals surface area contributed by atoms with Crippen molar-refractivity contribution in [2.45, 2.75) is 287 Å². The molecule has 0 spiro atoms. The third-order valence-electron chi connectivity index (χ3n) is 31.7. The molecule has 5 saturated carbocycles. The first-order chi connectivity index (χ1) is 68.7. The molecule has 1 aliphatic heterocycles. The Kier molecular flexibility index (Phi) is 38.9. The summed E-state index contributed by atoms with van der Waals surface area (Å²) in [6.07, 6.45) is -2.05. The van der Waals surface area contributed by atoms with Crippen LogP contribution < -0.4 is 10.4 Å². The number of aliphatic hydroxyl groups is 5. The minimum absolute atomic E-state index is 0.00506. The molecular formula is C123H164O19Si5. The van der Waals surface area contributed by atoms with Crippen LogP contribution in [0.2, 0.25) is 69.5 Å². The Balaban J connectivity index is 0.000000178. The molecule has 9 aromatic rings. The van der Waals surface area contributed by atoms with Gasteiger partial charge in [0.25, 0.3) is 8.32 Å². The molecule has 0 bridgehead atoms. The van der Waals surface area contributed by atoms with E-state index in [9.17, 15) is 44.7 Å². The van der Waals surface area contributed by atoms with Crippen molar-refractivity contribution in [2.75, 3.05) is 33.0 Å². The SMILES string of the molecule is C=C1[C@H](O)C[C@@H]2O[Si](C(C)(C)C)(C(C)(C)C)OC[C@@H]12.C=C1[C@H](O)C[C@H](OC(=O)c2ccc(-c3ccccc3)cc2)[C@H]1CO[Si](C)(C)C(C)(C)C.C=C1[C@H](O)C[C@H](OC(=O)c2ccccc2)[C@H]1CO[Si](C)(C)C(C)(C)C.C=C1[C@H](O)C[C@H](O[Si](C)(C)C(C)(C)C)[C@H]1COC(=O)c1ccc(-c2ccccc2)cc1.C=C1[C@H](O)C[C@H](O[Si](c2ccccc2)(c2ccccc2)C(C)(C)C)[C@H]1COC(=O)c1ccc(-c2ccccc2)cc1. The molecule has 0 aromatic heterocycles. The molecule has 147 heavy (non-hydrogen) atoms. The van der Waals surface area contributed by atoms with Crippen molar-refractivity contribution in [3.63, 3.8) is 0 Å². The zero-order valence-electron chi connectivity index (χ0n) is 91.5. The van der Waals surface area contributed by atoms with Crippen LogP contribution in [0, 0.1) is 29.6 Å². The van der Waals surface area contributed by atoms with Crippen LogP contribution in [0.5, 0.6) is 0 Å². The zero-order chi connectivity index (χ0) is 108. The fraction of sp³-hybridized carbons (Fsp3) is 0.447. The minimum Gasteiger partial charge on any atom is -0.461 e. The Morgan fingerprint density at radius 2 is 0.578 bits per heavy atom. The first-order valence-electron chi connectivity index (χ1n) is 51.9. The third-order valence-corrected chi connectivity index (χ3v) is 55.4. The fourth-order valence-corrected chi connectivity index (χ4v) is 32.6. The zero-order valence-corrected chi connectivity index (χ0v) is 96.5. The largest absolute Gasteiger partial charge is 0.461 e. The lowest BCUT2D eigenvalue weighted by Crippen LogP contribution is -2.68. The van der Waals surface area contributed by atoms with Crippen LogP contribution in [0.1, 0.15) is 198 Å². The molecule has 19 nitrogen and oxygen atoms in total. The number of benzene rings is 9. The molecule has 6 fully saturated rings. The molecular weight excluding hydrogens is 1920 g/mol. The lowest BCUT2D eigenvalue weighted by atomic mass is 10.0. The summed E-state index contributed by atoms with van der Waals surface area (Å²) >= 11 is 0. The monoisotopic (exact) mass is 2090 g/mol. The average molecular weight is 2090 g/mol. The molecule has 1 saturated heterocycles. The summed E-state index contributed by atoms with van der Waals surface area (Å²) in [7, 11) is -11.2. The van der Waals surface area contributed by atoms with Crippen LogP contribution in [0.3, 0.4) is 0 Å². The van der Waals surface area contributed by atoms with Crippen molar-refractivity contribution >= 4 is 76.1 Å². The van der Waals surface area contributed by atoms with Crippen molar-refractivity contribution in [2.24, 2.45) is 29.6 Å². The molecule has 24 heteroatoms. The number of hydrogen-bond donors (Lipinski definition) is 5. The molecule has 790 valence electrons. The highest BCUT2D eigenvalue weighted by molar-refractivity contribution is 6.99. The summed E-state index contributed by atoms with van der Waals surface area (Å²) in [4.78, 5) is 50.9. The van der Waals surface area contributed by atoms with Crippen LogP contribution in [0.4, 0.5) is 0 Å². The van der Waals surface area contributed by atoms with Gasteiger partial charge in [0.05, 0.1) is 71.1 Å². The third kappa shape index (κ3) is 28.5. The average Bonchev–Trinajstić information content (AvgIpc) is 1.69. The number of aliphatic hydroxyl groups excluding tert-OH is 5. The van der Waals surface area contributed by atoms with E-state index in [0.29, 0.717) is 96.5 Å². The van der Waals surface area contributed by atoms with Gasteiger partial charge < -0.3 is 71.0 Å². The first-order valence-corrected chi connectivity index (χ1v) is 64.3. The summed E-state index contributed by atoms with van der Waals surface area (Å²) in [5.41, 5.74) is 12.0. The van der Waals surface area contributed by atoms with Gasteiger partial charge >= 0.3 is 32.4 Å². The predicted molar refractivity (Wildman–Crippen MR) is 604 cm³/mol. The Labute approximate surface area is 881 Å². The number of carbonyl (C=O) groups excluding carboxylic acids is 4. The van der Waals surface area contributed by atoms with Gasteiger partial charge in [-0.2, -0.15) is 0 Å². The summed E-state index contributed by atoms with van der Waals surface area (Å²) in [6.45, 7) is 74.8. The van der Waals surface area contributed by atoms with Crippen molar-refractivity contribution in [1.82, 2.24) is 0 Å². The Morgan fingerprint density at radius 1 is 0.313 bits per heavy atom. The van der Waals surface area contributed by atoms with Gasteiger partial charge in [-0.25, -0.2) is 19.2 Å². The highest BCUT2D eigenvalue weighted by Crippen LogP contribution is 2.57. The Morgan fingerprint density at radius 3 is 0.884 bits per heavy atom. The number of esters is 4. The predicted octanol–water partition coefficient (Wildman–Crippen LogP) is 25.6. The van der Waals surface area contributed by atoms with Crippen LogP contribution >= 0.6 is 0 Å². The lowest BCUT2D eigenvalue weighted by Gasteiger charge is -2.53. The Bertz CT molecular complexity index is 5840. The maximum absolute atomic E-state index is 13.1. The van der Waals surface area contributed by atoms with Crippen molar-refractivity contribution in [1.29, 1.82) is 0 Å². The van der Waals surface area contributed by atoms with E-state index in [-0.39, 0.29) is 109 Å². The van der Waals surface area contributed by atoms with Crippen LogP contribution in [0.25, 0.3) is 33.4 Å². The van der Waals surface area contributed by atoms with Gasteiger partial charge in [-0.1, -0.05) is 364 Å². The molecule has 0 radical (unpaired) electrons. The van der Waals surface area contributed by atoms with E-state index in [1.807, 2.05) is 146 Å². The highest BCUT2D eigenvalue weighted by Gasteiger charge is 2.64. The number of hydrogen-bond acceptors (Lipinski definition) is 19. The molecule has 15 atom stereocenters. The summed E-state index contributed by atoms with van der Waals surface area (Å²) in [5.74, 6) is -2.25. The molecule has 0 unspecified atom stereocenters. The van der Waals surface area contributed by atoms with Crippen LogP contribution in [0.15, 0.2) is 316 Å². The van der Waals surface area contributed by atoms with Gasteiger partial charge in [0.15, 0.2) is 25.0 Å². The van der Waals surface area contributed by atoms with Crippen molar-refractivity contribution < 1.29 is 90.2 Å². The number of rotatable bonds is 25. The van der Waals surface area contributed by atoms with E-state index < -0.39 is 90.5 Å². The molecule has 6 aliphatic rings. The van der Waals surface area contributed by atoms with E-state index in [1.165, 1.54) is 10.4 Å². The standard InChI is InChI=1S/C36H38O4Si.2C26H34O4Si.C20H30O4Si.C15H28O3Si/c1-26-32(25-39-35(38)29-22-20-28(21-23-29)27-14-8-5-9-15-27)34(24-33(26)37)40-41(36(2,3)4,30-16-10-6-11-17-30)31-18-12-7-13-19-31;1-18-22(17-29-31(5,6)26(2,3)4)24(16-23(18)27)30-25(28)21-14-12-20(13-15-21)19-10-8-7-9-11-19;1-18-22(24(16-23(18)27)30-31(5,6)26(2,3)4)17-29-25(28)21-14-12-20(13-15-21)19-10-8-7-9-11-19;1-14-16(13-23-25(5,6)20(2,3)4)18(12-17(14)21)24-19(22)15-10-8-7-9-11-15;1-10-11-9-17-19(14(2,3)4,15(5,6)7)18-13(11)8-12(10)16/h5-23,32-34,37H,1,24-25H2,2-4H3;2*7-15,22-24,27H,1,16-17H2,2-6H3;7-11,16-18,21H,1,12-13H2,2-6H3;11-13,16H,1,8-9H2,2-7H3/t32-,33+,34-;2*22-,23+,24-;16-,17+,18-;11-,12+,13-/m00000/s1. The van der Waals surface area contributed by atoms with E-state index in [1.54, 1.807) is 60.7 Å².